The van der Waals surface area contributed by atoms with E-state index in [1.165, 1.54) is 23.2 Å². The first kappa shape index (κ1) is 12.0. The molecule has 1 aromatic carbocycles. The van der Waals surface area contributed by atoms with Crippen molar-refractivity contribution in [2.75, 3.05) is 44.3 Å². The van der Waals surface area contributed by atoms with Crippen LogP contribution in [0.3, 0.4) is 0 Å². The van der Waals surface area contributed by atoms with Crippen LogP contribution < -0.4 is 10.2 Å². The van der Waals surface area contributed by atoms with Gasteiger partial charge in [0.2, 0.25) is 0 Å². The van der Waals surface area contributed by atoms with Crippen molar-refractivity contribution >= 4 is 5.69 Å². The molecule has 1 unspecified atom stereocenters. The Kier molecular flexibility index (Phi) is 3.52. The molecule has 2 heterocycles. The molecular formula is C15H22N2O. The van der Waals surface area contributed by atoms with Crippen LogP contribution >= 0.6 is 0 Å². The minimum Gasteiger partial charge on any atom is -0.378 e. The van der Waals surface area contributed by atoms with Gasteiger partial charge in [0.05, 0.1) is 13.2 Å². The third kappa shape index (κ3) is 2.38. The van der Waals surface area contributed by atoms with E-state index in [-0.39, 0.29) is 0 Å². The smallest absolute Gasteiger partial charge is 0.0642 e. The Morgan fingerprint density at radius 1 is 1.28 bits per heavy atom. The topological polar surface area (TPSA) is 24.5 Å². The number of benzene rings is 1. The van der Waals surface area contributed by atoms with Crippen molar-refractivity contribution in [2.24, 2.45) is 0 Å². The van der Waals surface area contributed by atoms with Crippen molar-refractivity contribution < 1.29 is 4.74 Å². The van der Waals surface area contributed by atoms with Gasteiger partial charge < -0.3 is 15.0 Å². The van der Waals surface area contributed by atoms with Gasteiger partial charge in [-0.25, -0.2) is 0 Å². The molecule has 2 fully saturated rings. The largest absolute Gasteiger partial charge is 0.378 e. The maximum absolute atomic E-state index is 5.46. The number of aryl methyl sites for hydroxylation is 1. The summed E-state index contributed by atoms with van der Waals surface area (Å²) in [5.74, 6) is 0.683. The number of rotatable bonds is 2. The number of hydrogen-bond donors (Lipinski definition) is 1. The molecule has 0 radical (unpaired) electrons. The van der Waals surface area contributed by atoms with Crippen molar-refractivity contribution in [3.8, 4) is 0 Å². The van der Waals surface area contributed by atoms with Crippen molar-refractivity contribution in [1.82, 2.24) is 5.32 Å². The van der Waals surface area contributed by atoms with Crippen LogP contribution in [0.25, 0.3) is 0 Å². The molecule has 1 N–H and O–H groups in total. The molecule has 0 aliphatic carbocycles. The lowest BCUT2D eigenvalue weighted by atomic mass is 9.94. The average Bonchev–Trinajstić information content (AvgIpc) is 2.93. The molecule has 98 valence electrons. The van der Waals surface area contributed by atoms with E-state index in [1.807, 2.05) is 0 Å². The Morgan fingerprint density at radius 3 is 2.83 bits per heavy atom. The van der Waals surface area contributed by atoms with Crippen LogP contribution in [0.15, 0.2) is 18.2 Å². The molecule has 2 aliphatic heterocycles. The lowest BCUT2D eigenvalue weighted by molar-refractivity contribution is 0.122. The van der Waals surface area contributed by atoms with Crippen molar-refractivity contribution in [2.45, 2.75) is 19.3 Å². The second-order valence-electron chi connectivity index (χ2n) is 5.35. The van der Waals surface area contributed by atoms with Crippen LogP contribution in [0.5, 0.6) is 0 Å². The Morgan fingerprint density at radius 2 is 2.11 bits per heavy atom. The number of anilines is 1. The van der Waals surface area contributed by atoms with E-state index in [9.17, 15) is 0 Å². The molecule has 0 spiro atoms. The number of nitrogens with one attached hydrogen (secondary N) is 1. The molecule has 3 nitrogen and oxygen atoms in total. The van der Waals surface area contributed by atoms with Gasteiger partial charge in [-0.05, 0) is 37.4 Å². The second kappa shape index (κ2) is 5.29. The first-order valence-electron chi connectivity index (χ1n) is 6.98. The van der Waals surface area contributed by atoms with E-state index in [4.69, 9.17) is 4.74 Å². The summed E-state index contributed by atoms with van der Waals surface area (Å²) in [6.45, 7) is 8.23. The summed E-state index contributed by atoms with van der Waals surface area (Å²) < 4.78 is 5.46. The molecule has 1 aromatic rings. The van der Waals surface area contributed by atoms with Crippen molar-refractivity contribution in [3.63, 3.8) is 0 Å². The molecule has 2 saturated heterocycles. The quantitative estimate of drug-likeness (QED) is 0.862. The molecule has 2 aliphatic rings. The highest BCUT2D eigenvalue weighted by Gasteiger charge is 2.23. The second-order valence-corrected chi connectivity index (χ2v) is 5.35. The molecular weight excluding hydrogens is 224 g/mol. The third-order valence-corrected chi connectivity index (χ3v) is 4.03. The Balaban J connectivity index is 1.91. The van der Waals surface area contributed by atoms with Crippen LogP contribution in [-0.2, 0) is 4.74 Å². The first-order chi connectivity index (χ1) is 8.84. The molecule has 0 aromatic heterocycles. The molecule has 0 amide bonds. The van der Waals surface area contributed by atoms with E-state index in [2.05, 4.69) is 35.3 Å². The van der Waals surface area contributed by atoms with E-state index in [1.54, 1.807) is 0 Å². The summed E-state index contributed by atoms with van der Waals surface area (Å²) in [5, 5.41) is 3.48. The van der Waals surface area contributed by atoms with Crippen molar-refractivity contribution in [1.29, 1.82) is 0 Å². The fourth-order valence-electron chi connectivity index (χ4n) is 3.01. The SMILES string of the molecule is Cc1ccc(N2CCOCC2)c(C2CCNC2)c1. The van der Waals surface area contributed by atoms with Gasteiger partial charge >= 0.3 is 0 Å². The van der Waals surface area contributed by atoms with Gasteiger partial charge in [0.1, 0.15) is 0 Å². The highest BCUT2D eigenvalue weighted by molar-refractivity contribution is 5.57. The Bertz CT molecular complexity index is 407. The Hall–Kier alpha value is -1.06. The van der Waals surface area contributed by atoms with Gasteiger partial charge in [-0.1, -0.05) is 17.7 Å². The van der Waals surface area contributed by atoms with E-state index in [0.717, 1.165) is 39.4 Å². The molecule has 18 heavy (non-hydrogen) atoms. The summed E-state index contributed by atoms with van der Waals surface area (Å²) in [6.07, 6.45) is 1.26. The van der Waals surface area contributed by atoms with Gasteiger partial charge in [0.25, 0.3) is 0 Å². The van der Waals surface area contributed by atoms with Crippen LogP contribution in [0.4, 0.5) is 5.69 Å². The monoisotopic (exact) mass is 246 g/mol. The van der Waals surface area contributed by atoms with E-state index >= 15 is 0 Å². The first-order valence-corrected chi connectivity index (χ1v) is 6.98. The average molecular weight is 246 g/mol. The highest BCUT2D eigenvalue weighted by Crippen LogP contribution is 2.32. The van der Waals surface area contributed by atoms with Gasteiger partial charge in [0, 0.05) is 25.3 Å². The molecule has 3 rings (SSSR count). The van der Waals surface area contributed by atoms with Gasteiger partial charge in [-0.3, -0.25) is 0 Å². The summed E-state index contributed by atoms with van der Waals surface area (Å²) in [7, 11) is 0. The molecule has 0 saturated carbocycles. The summed E-state index contributed by atoms with van der Waals surface area (Å²) in [4.78, 5) is 2.48. The normalized spacial score (nSPS) is 24.5. The fourth-order valence-corrected chi connectivity index (χ4v) is 3.01. The van der Waals surface area contributed by atoms with Crippen LogP contribution in [0.1, 0.15) is 23.5 Å². The van der Waals surface area contributed by atoms with Crippen LogP contribution in [0, 0.1) is 6.92 Å². The Labute approximate surface area is 109 Å². The summed E-state index contributed by atoms with van der Waals surface area (Å²) >= 11 is 0. The predicted molar refractivity (Wildman–Crippen MR) is 74.4 cm³/mol. The van der Waals surface area contributed by atoms with Crippen LogP contribution in [-0.4, -0.2) is 39.4 Å². The number of ether oxygens (including phenoxy) is 1. The van der Waals surface area contributed by atoms with Gasteiger partial charge in [-0.15, -0.1) is 0 Å². The molecule has 0 bridgehead atoms. The predicted octanol–water partition coefficient (Wildman–Crippen LogP) is 1.91. The van der Waals surface area contributed by atoms with Gasteiger partial charge in [-0.2, -0.15) is 0 Å². The highest BCUT2D eigenvalue weighted by atomic mass is 16.5. The zero-order valence-electron chi connectivity index (χ0n) is 11.1. The van der Waals surface area contributed by atoms with Crippen LogP contribution in [0.2, 0.25) is 0 Å². The number of nitrogens with zero attached hydrogens (tertiary/aromatic N) is 1. The number of morpholine rings is 1. The fraction of sp³-hybridized carbons (Fsp3) is 0.600. The maximum atomic E-state index is 5.46. The minimum atomic E-state index is 0.683. The van der Waals surface area contributed by atoms with Crippen molar-refractivity contribution in [3.05, 3.63) is 29.3 Å². The lowest BCUT2D eigenvalue weighted by Gasteiger charge is -2.32. The van der Waals surface area contributed by atoms with E-state index < -0.39 is 0 Å². The molecule has 3 heteroatoms. The minimum absolute atomic E-state index is 0.683. The lowest BCUT2D eigenvalue weighted by Crippen LogP contribution is -2.37. The zero-order chi connectivity index (χ0) is 12.4. The number of hydrogen-bond acceptors (Lipinski definition) is 3. The third-order valence-electron chi connectivity index (χ3n) is 4.03. The zero-order valence-corrected chi connectivity index (χ0v) is 11.1. The van der Waals surface area contributed by atoms with Gasteiger partial charge in [0.15, 0.2) is 0 Å². The maximum Gasteiger partial charge on any atom is 0.0642 e. The standard InChI is InChI=1S/C15H22N2O/c1-12-2-3-15(17-6-8-18-9-7-17)14(10-12)13-4-5-16-11-13/h2-3,10,13,16H,4-9,11H2,1H3. The summed E-state index contributed by atoms with van der Waals surface area (Å²) in [6, 6.07) is 6.91. The molecule has 1 atom stereocenters. The van der Waals surface area contributed by atoms with E-state index in [0.29, 0.717) is 5.92 Å². The summed E-state index contributed by atoms with van der Waals surface area (Å²) in [5.41, 5.74) is 4.33.